The number of hydrogen-bond donors (Lipinski definition) is 2. The number of aliphatic hydroxyl groups is 2. The number of β-amino-alcohol motifs (C(OH)–C–C–N with tert-alkyl or cyclic N) is 2. The zero-order chi connectivity index (χ0) is 24.2. The van der Waals surface area contributed by atoms with Crippen LogP contribution in [0, 0.1) is 0 Å². The van der Waals surface area contributed by atoms with Gasteiger partial charge in [-0.05, 0) is 40.0 Å². The molecule has 0 aliphatic carbocycles. The van der Waals surface area contributed by atoms with Gasteiger partial charge < -0.3 is 39.4 Å². The highest BCUT2D eigenvalue weighted by Crippen LogP contribution is 2.25. The summed E-state index contributed by atoms with van der Waals surface area (Å²) in [5.74, 6) is 0. The Morgan fingerprint density at radius 2 is 1.45 bits per heavy atom. The Hall–Kier alpha value is -2.27. The van der Waals surface area contributed by atoms with E-state index in [4.69, 9.17) is 14.9 Å². The number of carbonyl (C=O) groups is 3. The highest BCUT2D eigenvalue weighted by Gasteiger charge is 2.42. The fraction of sp³-hybridized carbons (Fsp3) is 0.864. The molecule has 4 aliphatic rings. The minimum atomic E-state index is -0.511. The molecule has 0 saturated carbocycles. The average Bonchev–Trinajstić information content (AvgIpc) is 3.24. The van der Waals surface area contributed by atoms with Crippen molar-refractivity contribution < 1.29 is 29.3 Å². The van der Waals surface area contributed by atoms with Gasteiger partial charge in [0.25, 0.3) is 0 Å². The van der Waals surface area contributed by atoms with Gasteiger partial charge in [0.2, 0.25) is 0 Å². The van der Waals surface area contributed by atoms with Gasteiger partial charge in [0.1, 0.15) is 5.60 Å². The number of nitrogens with zero attached hydrogens (tertiary/aromatic N) is 5. The number of aliphatic hydroxyl groups excluding tert-OH is 2. The van der Waals surface area contributed by atoms with Crippen molar-refractivity contribution in [3.05, 3.63) is 0 Å². The second-order valence-corrected chi connectivity index (χ2v) is 10.0. The van der Waals surface area contributed by atoms with Crippen molar-refractivity contribution in [3.8, 4) is 0 Å². The fourth-order valence-corrected chi connectivity index (χ4v) is 4.84. The Morgan fingerprint density at radius 3 is 2.00 bits per heavy atom. The average molecular weight is 470 g/mol. The monoisotopic (exact) mass is 469 g/mol. The van der Waals surface area contributed by atoms with Gasteiger partial charge in [-0.15, -0.1) is 0 Å². The lowest BCUT2D eigenvalue weighted by Crippen LogP contribution is -2.54. The lowest BCUT2D eigenvalue weighted by molar-refractivity contribution is 0.0127. The van der Waals surface area contributed by atoms with E-state index in [9.17, 15) is 14.4 Å². The van der Waals surface area contributed by atoms with E-state index in [0.29, 0.717) is 45.3 Å². The van der Waals surface area contributed by atoms with Crippen LogP contribution in [0.5, 0.6) is 0 Å². The second-order valence-electron chi connectivity index (χ2n) is 10.0. The van der Waals surface area contributed by atoms with Crippen LogP contribution in [-0.4, -0.2) is 136 Å². The van der Waals surface area contributed by atoms with E-state index in [1.54, 1.807) is 19.6 Å². The Labute approximate surface area is 195 Å². The highest BCUT2D eigenvalue weighted by atomic mass is 16.6. The predicted octanol–water partition coefficient (Wildman–Crippen LogP) is 0.604. The van der Waals surface area contributed by atoms with Gasteiger partial charge in [-0.1, -0.05) is 0 Å². The third kappa shape index (κ3) is 6.20. The van der Waals surface area contributed by atoms with Crippen LogP contribution in [0.1, 0.15) is 40.0 Å². The number of carbonyl (C=O) groups excluding carboxylic acids is 3. The molecule has 2 atom stereocenters. The van der Waals surface area contributed by atoms with Gasteiger partial charge in [0, 0.05) is 52.4 Å². The lowest BCUT2D eigenvalue weighted by atomic mass is 10.0. The van der Waals surface area contributed by atoms with E-state index in [2.05, 4.69) is 0 Å². The summed E-state index contributed by atoms with van der Waals surface area (Å²) in [4.78, 5) is 44.5. The van der Waals surface area contributed by atoms with Crippen molar-refractivity contribution in [2.75, 3.05) is 65.6 Å². The molecule has 4 rings (SSSR count). The molecule has 0 aromatic rings. The van der Waals surface area contributed by atoms with Crippen molar-refractivity contribution in [2.24, 2.45) is 0 Å². The topological polar surface area (TPSA) is 117 Å². The summed E-state index contributed by atoms with van der Waals surface area (Å²) >= 11 is 0. The molecule has 33 heavy (non-hydrogen) atoms. The van der Waals surface area contributed by atoms with Crippen LogP contribution >= 0.6 is 0 Å². The molecule has 11 nitrogen and oxygen atoms in total. The number of amides is 5. The molecule has 0 aromatic heterocycles. The summed E-state index contributed by atoms with van der Waals surface area (Å²) in [6.07, 6.45) is 3.18. The van der Waals surface area contributed by atoms with Gasteiger partial charge in [-0.25, -0.2) is 14.4 Å². The van der Waals surface area contributed by atoms with Crippen LogP contribution in [-0.2, 0) is 4.74 Å². The zero-order valence-corrected chi connectivity index (χ0v) is 20.1. The quantitative estimate of drug-likeness (QED) is 0.623. The third-order valence-corrected chi connectivity index (χ3v) is 6.40. The van der Waals surface area contributed by atoms with E-state index in [0.717, 1.165) is 25.9 Å². The molecule has 11 heteroatoms. The van der Waals surface area contributed by atoms with Gasteiger partial charge in [-0.3, -0.25) is 0 Å². The van der Waals surface area contributed by atoms with E-state index in [-0.39, 0.29) is 37.4 Å². The summed E-state index contributed by atoms with van der Waals surface area (Å²) in [5, 5.41) is 17.7. The lowest BCUT2D eigenvalue weighted by Gasteiger charge is -2.37. The molecule has 0 radical (unpaired) electrons. The molecule has 188 valence electrons. The highest BCUT2D eigenvalue weighted by molar-refractivity contribution is 5.78. The summed E-state index contributed by atoms with van der Waals surface area (Å²) in [6.45, 7) is 10.2. The first kappa shape index (κ1) is 25.4. The fourth-order valence-electron chi connectivity index (χ4n) is 4.84. The molecule has 4 heterocycles. The zero-order valence-electron chi connectivity index (χ0n) is 20.1. The Morgan fingerprint density at radius 1 is 0.879 bits per heavy atom. The number of piperidine rings is 1. The third-order valence-electron chi connectivity index (χ3n) is 6.40. The molecule has 4 fully saturated rings. The summed E-state index contributed by atoms with van der Waals surface area (Å²) < 4.78 is 5.36. The maximum absolute atomic E-state index is 12.0. The summed E-state index contributed by atoms with van der Waals surface area (Å²) in [7, 11) is 0. The number of piperazine rings is 1. The Bertz CT molecular complexity index is 714. The van der Waals surface area contributed by atoms with E-state index >= 15 is 0 Å². The molecule has 5 amide bonds. The van der Waals surface area contributed by atoms with Crippen molar-refractivity contribution >= 4 is 18.2 Å². The number of urea groups is 2. The van der Waals surface area contributed by atoms with Gasteiger partial charge in [-0.2, -0.15) is 0 Å². The number of ether oxygens (including phenoxy) is 1. The molecule has 2 N–H and O–H groups in total. The van der Waals surface area contributed by atoms with Crippen molar-refractivity contribution in [3.63, 3.8) is 0 Å². The largest absolute Gasteiger partial charge is 0.444 e. The van der Waals surface area contributed by atoms with Gasteiger partial charge in [0.05, 0.1) is 25.3 Å². The van der Waals surface area contributed by atoms with E-state index < -0.39 is 5.60 Å². The predicted molar refractivity (Wildman–Crippen MR) is 121 cm³/mol. The van der Waals surface area contributed by atoms with Crippen LogP contribution in [0.2, 0.25) is 0 Å². The number of fused-ring (bicyclic) bond motifs is 2. The minimum absolute atomic E-state index is 0.00433. The van der Waals surface area contributed by atoms with Crippen LogP contribution in [0.25, 0.3) is 0 Å². The maximum atomic E-state index is 12.0. The Balaban J connectivity index is 0.000000203. The van der Waals surface area contributed by atoms with Crippen LogP contribution in [0.3, 0.4) is 0 Å². The van der Waals surface area contributed by atoms with Crippen LogP contribution in [0.4, 0.5) is 14.4 Å². The first-order valence-electron chi connectivity index (χ1n) is 12.0. The standard InChI is InChI=1S/C13H23N3O4.C9H16N2O2/c1-13(2,3)20-12(19)15-4-5-16-10(9-15)8-14(6-7-17)11(16)18;12-6-5-10-7-8-3-1-2-4-11(8)9(10)13/h10,17H,4-9H2,1-3H3;8,12H,1-7H2. The van der Waals surface area contributed by atoms with Crippen LogP contribution in [0.15, 0.2) is 0 Å². The number of rotatable bonds is 4. The molecule has 0 spiro atoms. The van der Waals surface area contributed by atoms with Crippen molar-refractivity contribution in [1.29, 1.82) is 0 Å². The van der Waals surface area contributed by atoms with Gasteiger partial charge >= 0.3 is 18.2 Å². The molecular weight excluding hydrogens is 430 g/mol. The normalized spacial score (nSPS) is 25.1. The SMILES string of the molecule is CC(C)(C)OC(=O)N1CCN2C(=O)N(CCO)CC2C1.O=C1N(CCO)CC2CCCCN12. The van der Waals surface area contributed by atoms with E-state index in [1.165, 1.54) is 6.42 Å². The first-order chi connectivity index (χ1) is 15.6. The summed E-state index contributed by atoms with van der Waals surface area (Å²) in [6, 6.07) is 0.495. The summed E-state index contributed by atoms with van der Waals surface area (Å²) in [5.41, 5.74) is -0.511. The van der Waals surface area contributed by atoms with Crippen molar-refractivity contribution in [2.45, 2.75) is 57.7 Å². The van der Waals surface area contributed by atoms with E-state index in [1.807, 2.05) is 25.7 Å². The maximum Gasteiger partial charge on any atom is 0.410 e. The van der Waals surface area contributed by atoms with Crippen LogP contribution < -0.4 is 0 Å². The molecular formula is C22H39N5O6. The smallest absolute Gasteiger partial charge is 0.410 e. The molecule has 4 aliphatic heterocycles. The molecule has 0 bridgehead atoms. The molecule has 4 saturated heterocycles. The molecule has 2 unspecified atom stereocenters. The van der Waals surface area contributed by atoms with Gasteiger partial charge in [0.15, 0.2) is 0 Å². The Kier molecular flexibility index (Phi) is 8.28. The van der Waals surface area contributed by atoms with Crippen molar-refractivity contribution in [1.82, 2.24) is 24.5 Å². The number of hydrogen-bond acceptors (Lipinski definition) is 6. The minimum Gasteiger partial charge on any atom is -0.444 e. The first-order valence-corrected chi connectivity index (χ1v) is 12.0. The second kappa shape index (κ2) is 10.8. The molecule has 0 aromatic carbocycles.